The fraction of sp³-hybridized carbons (Fsp3) is 0.125. The van der Waals surface area contributed by atoms with Crippen molar-refractivity contribution in [2.24, 2.45) is 0 Å². The zero-order valence-electron chi connectivity index (χ0n) is 11.7. The van der Waals surface area contributed by atoms with E-state index in [0.29, 0.717) is 0 Å². The van der Waals surface area contributed by atoms with Crippen LogP contribution in [0.15, 0.2) is 30.3 Å². The summed E-state index contributed by atoms with van der Waals surface area (Å²) in [5.74, 6) is -4.24. The fourth-order valence-corrected chi connectivity index (χ4v) is 2.29. The summed E-state index contributed by atoms with van der Waals surface area (Å²) in [6.45, 7) is 0.0424. The van der Waals surface area contributed by atoms with Crippen LogP contribution in [0.5, 0.6) is 5.75 Å². The SMILES string of the molecule is O=C(Nc1ccc(F)c(F)c1)c1ccc(F)c2c1OCCC2=O. The number of ether oxygens (including phenoxy) is 1. The summed E-state index contributed by atoms with van der Waals surface area (Å²) in [5, 5.41) is 2.35. The predicted octanol–water partition coefficient (Wildman–Crippen LogP) is 3.32. The molecule has 1 aliphatic heterocycles. The van der Waals surface area contributed by atoms with Gasteiger partial charge in [-0.1, -0.05) is 0 Å². The summed E-state index contributed by atoms with van der Waals surface area (Å²) in [7, 11) is 0. The van der Waals surface area contributed by atoms with Crippen molar-refractivity contribution >= 4 is 17.4 Å². The lowest BCUT2D eigenvalue weighted by molar-refractivity contribution is 0.0925. The van der Waals surface area contributed by atoms with Gasteiger partial charge in [-0.3, -0.25) is 9.59 Å². The average molecular weight is 321 g/mol. The van der Waals surface area contributed by atoms with Gasteiger partial charge in [0.15, 0.2) is 17.4 Å². The molecule has 0 saturated heterocycles. The van der Waals surface area contributed by atoms with Crippen LogP contribution in [0.2, 0.25) is 0 Å². The topological polar surface area (TPSA) is 55.4 Å². The van der Waals surface area contributed by atoms with Crippen LogP contribution >= 0.6 is 0 Å². The molecule has 1 aliphatic rings. The van der Waals surface area contributed by atoms with Crippen LogP contribution in [0.25, 0.3) is 0 Å². The Hall–Kier alpha value is -2.83. The summed E-state index contributed by atoms with van der Waals surface area (Å²) < 4.78 is 45.1. The lowest BCUT2D eigenvalue weighted by Gasteiger charge is -2.19. The third kappa shape index (κ3) is 2.77. The van der Waals surface area contributed by atoms with Crippen molar-refractivity contribution < 1.29 is 27.5 Å². The molecule has 0 aromatic heterocycles. The minimum absolute atomic E-state index is 0.0223. The first kappa shape index (κ1) is 15.1. The first-order valence-corrected chi connectivity index (χ1v) is 6.72. The number of hydrogen-bond acceptors (Lipinski definition) is 3. The standard InChI is InChI=1S/C16H10F3NO3/c17-10-3-1-8(7-12(10)19)20-16(22)9-2-4-11(18)14-13(21)5-6-23-15(9)14/h1-4,7H,5-6H2,(H,20,22). The van der Waals surface area contributed by atoms with Gasteiger partial charge in [-0.25, -0.2) is 13.2 Å². The van der Waals surface area contributed by atoms with Crippen LogP contribution in [0.4, 0.5) is 18.9 Å². The minimum atomic E-state index is -1.12. The molecule has 0 fully saturated rings. The molecule has 0 bridgehead atoms. The number of ketones is 1. The fourth-order valence-electron chi connectivity index (χ4n) is 2.29. The van der Waals surface area contributed by atoms with Crippen LogP contribution in [-0.4, -0.2) is 18.3 Å². The van der Waals surface area contributed by atoms with E-state index in [1.165, 1.54) is 12.1 Å². The Balaban J connectivity index is 1.95. The first-order chi connectivity index (χ1) is 11.0. The molecule has 23 heavy (non-hydrogen) atoms. The van der Waals surface area contributed by atoms with E-state index in [1.54, 1.807) is 0 Å². The van der Waals surface area contributed by atoms with Crippen LogP contribution in [0, 0.1) is 17.5 Å². The number of carbonyl (C=O) groups excluding carboxylic acids is 2. The van der Waals surface area contributed by atoms with E-state index in [2.05, 4.69) is 5.32 Å². The maximum absolute atomic E-state index is 13.8. The Bertz CT molecular complexity index is 820. The molecule has 1 N–H and O–H groups in total. The first-order valence-electron chi connectivity index (χ1n) is 6.72. The highest BCUT2D eigenvalue weighted by molar-refractivity contribution is 6.10. The second-order valence-electron chi connectivity index (χ2n) is 4.90. The highest BCUT2D eigenvalue weighted by Gasteiger charge is 2.28. The molecule has 0 unspecified atom stereocenters. The molecule has 0 atom stereocenters. The van der Waals surface area contributed by atoms with Crippen LogP contribution in [0.3, 0.4) is 0 Å². The van der Waals surface area contributed by atoms with Crippen molar-refractivity contribution in [3.05, 3.63) is 58.9 Å². The lowest BCUT2D eigenvalue weighted by atomic mass is 10.00. The molecular weight excluding hydrogens is 311 g/mol. The third-order valence-corrected chi connectivity index (χ3v) is 3.38. The molecular formula is C16H10F3NO3. The lowest BCUT2D eigenvalue weighted by Crippen LogP contribution is -2.22. The largest absolute Gasteiger partial charge is 0.491 e. The molecule has 3 rings (SSSR count). The van der Waals surface area contributed by atoms with E-state index in [-0.39, 0.29) is 35.6 Å². The smallest absolute Gasteiger partial charge is 0.259 e. The van der Waals surface area contributed by atoms with E-state index in [0.717, 1.165) is 18.2 Å². The summed E-state index contributed by atoms with van der Waals surface area (Å²) in [4.78, 5) is 24.0. The van der Waals surface area contributed by atoms with Gasteiger partial charge in [0.2, 0.25) is 0 Å². The van der Waals surface area contributed by atoms with E-state index in [9.17, 15) is 22.8 Å². The van der Waals surface area contributed by atoms with Crippen LogP contribution in [0.1, 0.15) is 27.1 Å². The molecule has 118 valence electrons. The van der Waals surface area contributed by atoms with Gasteiger partial charge in [0.1, 0.15) is 11.6 Å². The average Bonchev–Trinajstić information content (AvgIpc) is 2.51. The van der Waals surface area contributed by atoms with Crippen LogP contribution < -0.4 is 10.1 Å². The number of carbonyl (C=O) groups is 2. The van der Waals surface area contributed by atoms with Gasteiger partial charge < -0.3 is 10.1 Å². The van der Waals surface area contributed by atoms with Crippen molar-refractivity contribution in [1.29, 1.82) is 0 Å². The van der Waals surface area contributed by atoms with Crippen molar-refractivity contribution in [3.8, 4) is 5.75 Å². The summed E-state index contributed by atoms with van der Waals surface area (Å²) in [5.41, 5.74) is -0.303. The van der Waals surface area contributed by atoms with Gasteiger partial charge in [-0.05, 0) is 24.3 Å². The maximum Gasteiger partial charge on any atom is 0.259 e. The number of amides is 1. The number of anilines is 1. The molecule has 7 heteroatoms. The summed E-state index contributed by atoms with van der Waals surface area (Å²) in [6, 6.07) is 5.02. The number of benzene rings is 2. The Morgan fingerprint density at radius 2 is 1.78 bits per heavy atom. The minimum Gasteiger partial charge on any atom is -0.491 e. The van der Waals surface area contributed by atoms with Crippen LogP contribution in [-0.2, 0) is 0 Å². The second kappa shape index (κ2) is 5.75. The zero-order valence-corrected chi connectivity index (χ0v) is 11.7. The molecule has 0 aliphatic carbocycles. The van der Waals surface area contributed by atoms with Gasteiger partial charge in [-0.2, -0.15) is 0 Å². The van der Waals surface area contributed by atoms with E-state index in [1.807, 2.05) is 0 Å². The zero-order chi connectivity index (χ0) is 16.6. The van der Waals surface area contributed by atoms with E-state index in [4.69, 9.17) is 4.74 Å². The Morgan fingerprint density at radius 1 is 1.04 bits per heavy atom. The van der Waals surface area contributed by atoms with Gasteiger partial charge >= 0.3 is 0 Å². The van der Waals surface area contributed by atoms with Crippen molar-refractivity contribution in [1.82, 2.24) is 0 Å². The number of rotatable bonds is 2. The van der Waals surface area contributed by atoms with Gasteiger partial charge in [0, 0.05) is 18.2 Å². The van der Waals surface area contributed by atoms with Crippen molar-refractivity contribution in [2.75, 3.05) is 11.9 Å². The Labute approximate surface area is 128 Å². The number of hydrogen-bond donors (Lipinski definition) is 1. The van der Waals surface area contributed by atoms with Crippen molar-refractivity contribution in [3.63, 3.8) is 0 Å². The highest BCUT2D eigenvalue weighted by atomic mass is 19.2. The molecule has 2 aromatic rings. The van der Waals surface area contributed by atoms with Gasteiger partial charge in [-0.15, -0.1) is 0 Å². The molecule has 1 amide bonds. The monoisotopic (exact) mass is 321 g/mol. The molecule has 4 nitrogen and oxygen atoms in total. The van der Waals surface area contributed by atoms with Crippen molar-refractivity contribution in [2.45, 2.75) is 6.42 Å². The maximum atomic E-state index is 13.8. The molecule has 1 heterocycles. The number of fused-ring (bicyclic) bond motifs is 1. The molecule has 2 aromatic carbocycles. The van der Waals surface area contributed by atoms with E-state index < -0.39 is 29.1 Å². The molecule has 0 radical (unpaired) electrons. The quantitative estimate of drug-likeness (QED) is 0.923. The summed E-state index contributed by atoms with van der Waals surface area (Å²) >= 11 is 0. The number of halogens is 3. The third-order valence-electron chi connectivity index (χ3n) is 3.38. The molecule has 0 spiro atoms. The predicted molar refractivity (Wildman–Crippen MR) is 75.2 cm³/mol. The van der Waals surface area contributed by atoms with E-state index >= 15 is 0 Å². The molecule has 0 saturated carbocycles. The van der Waals surface area contributed by atoms with Gasteiger partial charge in [0.05, 0.1) is 17.7 Å². The Morgan fingerprint density at radius 3 is 2.52 bits per heavy atom. The highest BCUT2D eigenvalue weighted by Crippen LogP contribution is 2.31. The Kier molecular flexibility index (Phi) is 3.77. The number of nitrogens with one attached hydrogen (secondary N) is 1. The summed E-state index contributed by atoms with van der Waals surface area (Å²) in [6.07, 6.45) is 0.0260. The second-order valence-corrected chi connectivity index (χ2v) is 4.90. The number of Topliss-reactive ketones (excluding diaryl/α,β-unsaturated/α-hetero) is 1. The van der Waals surface area contributed by atoms with Gasteiger partial charge in [0.25, 0.3) is 5.91 Å². The normalized spacial score (nSPS) is 13.3.